The van der Waals surface area contributed by atoms with Crippen LogP contribution in [0.2, 0.25) is 0 Å². The van der Waals surface area contributed by atoms with Gasteiger partial charge in [-0.15, -0.1) is 0 Å². The van der Waals surface area contributed by atoms with Gasteiger partial charge in [-0.05, 0) is 47.9 Å². The van der Waals surface area contributed by atoms with Gasteiger partial charge in [0.1, 0.15) is 11.6 Å². The molecule has 0 saturated heterocycles. The number of halogens is 2. The molecule has 0 radical (unpaired) electrons. The van der Waals surface area contributed by atoms with Crippen LogP contribution in [0, 0.1) is 11.6 Å². The van der Waals surface area contributed by atoms with Crippen molar-refractivity contribution in [1.82, 2.24) is 5.32 Å². The maximum absolute atomic E-state index is 14.5. The Labute approximate surface area is 209 Å². The zero-order chi connectivity index (χ0) is 25.5. The van der Waals surface area contributed by atoms with Crippen LogP contribution in [0.25, 0.3) is 0 Å². The molecule has 0 spiro atoms. The molecule has 0 heterocycles. The first-order chi connectivity index (χ1) is 17.4. The van der Waals surface area contributed by atoms with Gasteiger partial charge >= 0.3 is 0 Å². The van der Waals surface area contributed by atoms with E-state index in [-0.39, 0.29) is 30.5 Å². The number of carbonyl (C=O) groups excluding carboxylic acids is 2. The predicted octanol–water partition coefficient (Wildman–Crippen LogP) is 6.23. The predicted molar refractivity (Wildman–Crippen MR) is 136 cm³/mol. The molecule has 0 aliphatic heterocycles. The van der Waals surface area contributed by atoms with Crippen molar-refractivity contribution in [3.63, 3.8) is 0 Å². The highest BCUT2D eigenvalue weighted by Gasteiger charge is 2.22. The van der Waals surface area contributed by atoms with Crippen molar-refractivity contribution < 1.29 is 18.4 Å². The van der Waals surface area contributed by atoms with Gasteiger partial charge < -0.3 is 10.2 Å². The summed E-state index contributed by atoms with van der Waals surface area (Å²) < 4.78 is 27.9. The molecule has 2 amide bonds. The maximum atomic E-state index is 14.5. The van der Waals surface area contributed by atoms with E-state index in [4.69, 9.17) is 0 Å². The molecule has 4 nitrogen and oxygen atoms in total. The molecular weight excluding hydrogens is 458 g/mol. The van der Waals surface area contributed by atoms with E-state index in [2.05, 4.69) is 5.32 Å². The first kappa shape index (κ1) is 24.8. The molecule has 0 aliphatic rings. The van der Waals surface area contributed by atoms with Crippen LogP contribution in [-0.2, 0) is 17.8 Å². The van der Waals surface area contributed by atoms with Gasteiger partial charge in [-0.1, -0.05) is 72.8 Å². The number of nitrogens with one attached hydrogen (secondary N) is 1. The summed E-state index contributed by atoms with van der Waals surface area (Å²) in [6.07, 6.45) is 0.114. The first-order valence-electron chi connectivity index (χ1n) is 11.6. The number of benzene rings is 4. The summed E-state index contributed by atoms with van der Waals surface area (Å²) in [6, 6.07) is 28.8. The van der Waals surface area contributed by atoms with Gasteiger partial charge in [-0.25, -0.2) is 8.78 Å². The molecule has 0 fully saturated rings. The fraction of sp³-hybridized carbons (Fsp3) is 0.133. The number of amides is 2. The second-order valence-corrected chi connectivity index (χ2v) is 8.55. The van der Waals surface area contributed by atoms with Crippen LogP contribution in [0.1, 0.15) is 40.0 Å². The zero-order valence-electron chi connectivity index (χ0n) is 19.8. The molecule has 4 aromatic rings. The summed E-state index contributed by atoms with van der Waals surface area (Å²) in [5.74, 6) is -2.44. The molecule has 1 atom stereocenters. The average Bonchev–Trinajstić information content (AvgIpc) is 2.88. The van der Waals surface area contributed by atoms with E-state index in [1.165, 1.54) is 4.90 Å². The largest absolute Gasteiger partial charge is 0.349 e. The summed E-state index contributed by atoms with van der Waals surface area (Å²) >= 11 is 0. The Morgan fingerprint density at radius 2 is 1.47 bits per heavy atom. The summed E-state index contributed by atoms with van der Waals surface area (Å²) in [5.41, 5.74) is 2.82. The van der Waals surface area contributed by atoms with Crippen molar-refractivity contribution in [2.75, 3.05) is 4.90 Å². The zero-order valence-corrected chi connectivity index (χ0v) is 19.8. The van der Waals surface area contributed by atoms with E-state index in [1.807, 2.05) is 67.6 Å². The Kier molecular flexibility index (Phi) is 7.85. The van der Waals surface area contributed by atoms with Crippen molar-refractivity contribution in [1.29, 1.82) is 0 Å². The van der Waals surface area contributed by atoms with Crippen LogP contribution in [0.4, 0.5) is 14.5 Å². The van der Waals surface area contributed by atoms with Gasteiger partial charge in [-0.2, -0.15) is 0 Å². The Bertz CT molecular complexity index is 1340. The molecule has 4 aromatic carbocycles. The van der Waals surface area contributed by atoms with Crippen molar-refractivity contribution >= 4 is 17.5 Å². The minimum absolute atomic E-state index is 0.114. The lowest BCUT2D eigenvalue weighted by atomic mass is 10.1. The fourth-order valence-electron chi connectivity index (χ4n) is 3.99. The van der Waals surface area contributed by atoms with Crippen LogP contribution >= 0.6 is 0 Å². The summed E-state index contributed by atoms with van der Waals surface area (Å²) in [5, 5.41) is 2.99. The van der Waals surface area contributed by atoms with Crippen LogP contribution < -0.4 is 10.2 Å². The van der Waals surface area contributed by atoms with E-state index in [0.29, 0.717) is 17.3 Å². The number of hydrogen-bond acceptors (Lipinski definition) is 2. The topological polar surface area (TPSA) is 49.4 Å². The van der Waals surface area contributed by atoms with Crippen molar-refractivity contribution in [3.05, 3.63) is 137 Å². The number of anilines is 1. The van der Waals surface area contributed by atoms with Gasteiger partial charge in [-0.3, -0.25) is 9.59 Å². The van der Waals surface area contributed by atoms with E-state index in [0.717, 1.165) is 23.3 Å². The third-order valence-corrected chi connectivity index (χ3v) is 5.85. The van der Waals surface area contributed by atoms with Gasteiger partial charge in [0.25, 0.3) is 5.91 Å². The van der Waals surface area contributed by atoms with Gasteiger partial charge in [0.2, 0.25) is 5.91 Å². The molecule has 4 rings (SSSR count). The number of nitrogens with zero attached hydrogens (tertiary/aromatic N) is 1. The maximum Gasteiger partial charge on any atom is 0.261 e. The van der Waals surface area contributed by atoms with Crippen molar-refractivity contribution in [3.8, 4) is 0 Å². The molecule has 0 saturated carbocycles. The molecule has 1 unspecified atom stereocenters. The van der Waals surface area contributed by atoms with Gasteiger partial charge in [0, 0.05) is 11.8 Å². The summed E-state index contributed by atoms with van der Waals surface area (Å²) in [4.78, 5) is 27.6. The van der Waals surface area contributed by atoms with Gasteiger partial charge in [0.15, 0.2) is 0 Å². The number of carbonyl (C=O) groups is 2. The van der Waals surface area contributed by atoms with Gasteiger partial charge in [0.05, 0.1) is 24.6 Å². The minimum atomic E-state index is -0.927. The highest BCUT2D eigenvalue weighted by molar-refractivity contribution is 6.06. The normalized spacial score (nSPS) is 11.5. The Morgan fingerprint density at radius 3 is 2.17 bits per heavy atom. The second-order valence-electron chi connectivity index (χ2n) is 8.55. The van der Waals surface area contributed by atoms with E-state index >= 15 is 0 Å². The molecule has 36 heavy (non-hydrogen) atoms. The molecule has 6 heteroatoms. The van der Waals surface area contributed by atoms with E-state index in [9.17, 15) is 18.4 Å². The standard InChI is InChI=1S/C30H26F2N2O2/c1-21(24-12-6-3-7-13-24)33-29(35)18-23-11-8-14-26(17-23)34(20-22-9-4-2-5-10-22)30(36)27-16-15-25(31)19-28(27)32/h2-17,19,21H,18,20H2,1H3,(H,33,35). The monoisotopic (exact) mass is 484 g/mol. The molecule has 1 N–H and O–H groups in total. The van der Waals surface area contributed by atoms with Crippen molar-refractivity contribution in [2.45, 2.75) is 25.9 Å². The third kappa shape index (κ3) is 6.21. The summed E-state index contributed by atoms with van der Waals surface area (Å²) in [7, 11) is 0. The molecule has 0 aromatic heterocycles. The minimum Gasteiger partial charge on any atom is -0.349 e. The molecule has 0 bridgehead atoms. The fourth-order valence-corrected chi connectivity index (χ4v) is 3.99. The van der Waals surface area contributed by atoms with Crippen LogP contribution in [-0.4, -0.2) is 11.8 Å². The van der Waals surface area contributed by atoms with E-state index in [1.54, 1.807) is 24.3 Å². The lowest BCUT2D eigenvalue weighted by Crippen LogP contribution is -2.31. The lowest BCUT2D eigenvalue weighted by molar-refractivity contribution is -0.121. The smallest absolute Gasteiger partial charge is 0.261 e. The third-order valence-electron chi connectivity index (χ3n) is 5.85. The van der Waals surface area contributed by atoms with Crippen LogP contribution in [0.3, 0.4) is 0 Å². The highest BCUT2D eigenvalue weighted by Crippen LogP contribution is 2.24. The second kappa shape index (κ2) is 11.4. The van der Waals surface area contributed by atoms with E-state index < -0.39 is 17.5 Å². The lowest BCUT2D eigenvalue weighted by Gasteiger charge is -2.24. The first-order valence-corrected chi connectivity index (χ1v) is 11.6. The quantitative estimate of drug-likeness (QED) is 0.322. The SMILES string of the molecule is CC(NC(=O)Cc1cccc(N(Cc2ccccc2)C(=O)c2ccc(F)cc2F)c1)c1ccccc1. The Morgan fingerprint density at radius 1 is 0.806 bits per heavy atom. The van der Waals surface area contributed by atoms with Crippen LogP contribution in [0.15, 0.2) is 103 Å². The Hall–Kier alpha value is -4.32. The Balaban J connectivity index is 1.58. The van der Waals surface area contributed by atoms with Crippen LogP contribution in [0.5, 0.6) is 0 Å². The summed E-state index contributed by atoms with van der Waals surface area (Å²) in [6.45, 7) is 2.10. The molecule has 0 aliphatic carbocycles. The number of rotatable bonds is 8. The van der Waals surface area contributed by atoms with Crippen molar-refractivity contribution in [2.24, 2.45) is 0 Å². The number of hydrogen-bond donors (Lipinski definition) is 1. The highest BCUT2D eigenvalue weighted by atomic mass is 19.1. The average molecular weight is 485 g/mol. The molecular formula is C30H26F2N2O2. The molecule has 182 valence electrons.